The molecule has 1 aliphatic carbocycles. The summed E-state index contributed by atoms with van der Waals surface area (Å²) in [5.74, 6) is 0.173. The second-order valence-corrected chi connectivity index (χ2v) is 6.25. The molecule has 1 aliphatic heterocycles. The normalized spacial score (nSPS) is 19.3. The molecular weight excluding hydrogens is 288 g/mol. The van der Waals surface area contributed by atoms with Crippen molar-refractivity contribution >= 4 is 11.6 Å². The Morgan fingerprint density at radius 2 is 1.78 bits per heavy atom. The predicted octanol–water partition coefficient (Wildman–Crippen LogP) is 3.58. The van der Waals surface area contributed by atoms with Crippen LogP contribution in [0.1, 0.15) is 40.7 Å². The average molecular weight is 306 g/mol. The number of ketones is 2. The van der Waals surface area contributed by atoms with E-state index in [0.717, 1.165) is 41.5 Å². The van der Waals surface area contributed by atoms with E-state index in [2.05, 4.69) is 0 Å². The van der Waals surface area contributed by atoms with Crippen molar-refractivity contribution < 1.29 is 14.3 Å². The van der Waals surface area contributed by atoms with Crippen LogP contribution in [0.5, 0.6) is 0 Å². The third-order valence-corrected chi connectivity index (χ3v) is 4.71. The standard InChI is InChI=1S/C20H18O3/c21-18(19-7-3-4-10-23-19)12-13-8-9-15-14-5-1-2-6-16(14)20(22)17(15)11-13/h1-2,5-6,8-9,11,19H,3-4,7,10,12H2. The fraction of sp³-hybridized carbons (Fsp3) is 0.300. The van der Waals surface area contributed by atoms with Gasteiger partial charge in [-0.25, -0.2) is 0 Å². The molecule has 1 saturated heterocycles. The highest BCUT2D eigenvalue weighted by Gasteiger charge is 2.27. The number of rotatable bonds is 3. The van der Waals surface area contributed by atoms with Gasteiger partial charge in [-0.2, -0.15) is 0 Å². The van der Waals surface area contributed by atoms with Crippen LogP contribution in [0.15, 0.2) is 42.5 Å². The summed E-state index contributed by atoms with van der Waals surface area (Å²) in [7, 11) is 0. The summed E-state index contributed by atoms with van der Waals surface area (Å²) in [5.41, 5.74) is 4.31. The fourth-order valence-electron chi connectivity index (χ4n) is 3.49. The van der Waals surface area contributed by atoms with Crippen molar-refractivity contribution in [3.05, 3.63) is 59.2 Å². The highest BCUT2D eigenvalue weighted by molar-refractivity contribution is 6.21. The van der Waals surface area contributed by atoms with E-state index in [1.165, 1.54) is 0 Å². The highest BCUT2D eigenvalue weighted by Crippen LogP contribution is 2.36. The van der Waals surface area contributed by atoms with Gasteiger partial charge in [-0.05, 0) is 42.0 Å². The molecule has 0 amide bonds. The third kappa shape index (κ3) is 2.51. The van der Waals surface area contributed by atoms with E-state index in [4.69, 9.17) is 4.74 Å². The molecule has 0 bridgehead atoms. The maximum Gasteiger partial charge on any atom is 0.194 e. The first-order chi connectivity index (χ1) is 11.2. The molecule has 1 atom stereocenters. The van der Waals surface area contributed by atoms with Crippen molar-refractivity contribution in [2.45, 2.75) is 31.8 Å². The van der Waals surface area contributed by atoms with Crippen LogP contribution in [0.25, 0.3) is 11.1 Å². The van der Waals surface area contributed by atoms with Gasteiger partial charge in [-0.3, -0.25) is 9.59 Å². The van der Waals surface area contributed by atoms with Crippen LogP contribution >= 0.6 is 0 Å². The Morgan fingerprint density at radius 3 is 2.57 bits per heavy atom. The number of Topliss-reactive ketones (excluding diaryl/α,β-unsaturated/α-hetero) is 1. The molecule has 3 nitrogen and oxygen atoms in total. The van der Waals surface area contributed by atoms with Crippen molar-refractivity contribution in [1.82, 2.24) is 0 Å². The minimum Gasteiger partial charge on any atom is -0.370 e. The fourth-order valence-corrected chi connectivity index (χ4v) is 3.49. The van der Waals surface area contributed by atoms with Crippen molar-refractivity contribution in [2.75, 3.05) is 6.61 Å². The van der Waals surface area contributed by atoms with E-state index in [0.29, 0.717) is 18.6 Å². The van der Waals surface area contributed by atoms with Crippen molar-refractivity contribution in [3.8, 4) is 11.1 Å². The van der Waals surface area contributed by atoms with Gasteiger partial charge in [0.15, 0.2) is 11.6 Å². The van der Waals surface area contributed by atoms with Gasteiger partial charge < -0.3 is 4.74 Å². The van der Waals surface area contributed by atoms with Crippen molar-refractivity contribution in [1.29, 1.82) is 0 Å². The first-order valence-electron chi connectivity index (χ1n) is 8.15. The van der Waals surface area contributed by atoms with E-state index in [1.54, 1.807) is 0 Å². The van der Waals surface area contributed by atoms with Gasteiger partial charge >= 0.3 is 0 Å². The first kappa shape index (κ1) is 14.3. The van der Waals surface area contributed by atoms with Gasteiger partial charge in [0.25, 0.3) is 0 Å². The van der Waals surface area contributed by atoms with Gasteiger partial charge in [-0.15, -0.1) is 0 Å². The molecular formula is C20H18O3. The van der Waals surface area contributed by atoms with Gasteiger partial charge in [0.05, 0.1) is 0 Å². The summed E-state index contributed by atoms with van der Waals surface area (Å²) < 4.78 is 5.56. The zero-order valence-corrected chi connectivity index (χ0v) is 12.9. The Labute approximate surface area is 135 Å². The van der Waals surface area contributed by atoms with Crippen LogP contribution in [-0.2, 0) is 16.0 Å². The number of ether oxygens (including phenoxy) is 1. The predicted molar refractivity (Wildman–Crippen MR) is 87.6 cm³/mol. The summed E-state index contributed by atoms with van der Waals surface area (Å²) in [6.07, 6.45) is 2.96. The van der Waals surface area contributed by atoms with Gasteiger partial charge in [0, 0.05) is 24.2 Å². The summed E-state index contributed by atoms with van der Waals surface area (Å²) in [5, 5.41) is 0. The van der Waals surface area contributed by atoms with E-state index >= 15 is 0 Å². The molecule has 23 heavy (non-hydrogen) atoms. The summed E-state index contributed by atoms with van der Waals surface area (Å²) in [6, 6.07) is 13.4. The zero-order chi connectivity index (χ0) is 15.8. The molecule has 1 fully saturated rings. The lowest BCUT2D eigenvalue weighted by Crippen LogP contribution is -2.29. The van der Waals surface area contributed by atoms with Crippen LogP contribution in [0, 0.1) is 0 Å². The van der Waals surface area contributed by atoms with E-state index in [-0.39, 0.29) is 17.7 Å². The van der Waals surface area contributed by atoms with E-state index in [1.807, 2.05) is 42.5 Å². The van der Waals surface area contributed by atoms with Crippen molar-refractivity contribution in [2.24, 2.45) is 0 Å². The molecule has 4 rings (SSSR count). The second-order valence-electron chi connectivity index (χ2n) is 6.25. The molecule has 0 aromatic heterocycles. The van der Waals surface area contributed by atoms with Gasteiger partial charge in [-0.1, -0.05) is 36.4 Å². The average Bonchev–Trinajstić information content (AvgIpc) is 2.89. The number of carbonyl (C=O) groups excluding carboxylic acids is 2. The molecule has 116 valence electrons. The molecule has 3 heteroatoms. The molecule has 0 spiro atoms. The molecule has 0 N–H and O–H groups in total. The maximum absolute atomic E-state index is 12.5. The Bertz CT molecular complexity index is 785. The minimum atomic E-state index is -0.273. The molecule has 2 aromatic rings. The number of hydrogen-bond donors (Lipinski definition) is 0. The smallest absolute Gasteiger partial charge is 0.194 e. The quantitative estimate of drug-likeness (QED) is 0.743. The van der Waals surface area contributed by atoms with Crippen LogP contribution in [0.3, 0.4) is 0 Å². The number of hydrogen-bond acceptors (Lipinski definition) is 3. The number of benzene rings is 2. The second kappa shape index (κ2) is 5.74. The Morgan fingerprint density at radius 1 is 1.00 bits per heavy atom. The molecule has 1 heterocycles. The molecule has 2 aliphatic rings. The van der Waals surface area contributed by atoms with Gasteiger partial charge in [0.2, 0.25) is 0 Å². The van der Waals surface area contributed by atoms with Crippen LogP contribution in [0.2, 0.25) is 0 Å². The molecule has 2 aromatic carbocycles. The molecule has 0 saturated carbocycles. The maximum atomic E-state index is 12.5. The molecule has 1 unspecified atom stereocenters. The summed E-state index contributed by atoms with van der Waals surface area (Å²) >= 11 is 0. The summed E-state index contributed by atoms with van der Waals surface area (Å²) in [4.78, 5) is 24.9. The first-order valence-corrected chi connectivity index (χ1v) is 8.15. The largest absolute Gasteiger partial charge is 0.370 e. The van der Waals surface area contributed by atoms with E-state index in [9.17, 15) is 9.59 Å². The number of carbonyl (C=O) groups is 2. The minimum absolute atomic E-state index is 0.0545. The Hall–Kier alpha value is -2.26. The SMILES string of the molecule is O=C1c2ccccc2-c2ccc(CC(=O)C3CCCCO3)cc21. The van der Waals surface area contributed by atoms with Crippen LogP contribution in [0.4, 0.5) is 0 Å². The highest BCUT2D eigenvalue weighted by atomic mass is 16.5. The lowest BCUT2D eigenvalue weighted by atomic mass is 9.97. The monoisotopic (exact) mass is 306 g/mol. The van der Waals surface area contributed by atoms with Gasteiger partial charge in [0.1, 0.15) is 6.10 Å². The van der Waals surface area contributed by atoms with Crippen LogP contribution in [-0.4, -0.2) is 24.3 Å². The number of fused-ring (bicyclic) bond motifs is 3. The Balaban J connectivity index is 1.59. The van der Waals surface area contributed by atoms with Crippen LogP contribution < -0.4 is 0 Å². The lowest BCUT2D eigenvalue weighted by molar-refractivity contribution is -0.132. The third-order valence-electron chi connectivity index (χ3n) is 4.71. The topological polar surface area (TPSA) is 43.4 Å². The Kier molecular flexibility index (Phi) is 3.58. The molecule has 0 radical (unpaired) electrons. The zero-order valence-electron chi connectivity index (χ0n) is 12.9. The van der Waals surface area contributed by atoms with E-state index < -0.39 is 0 Å². The lowest BCUT2D eigenvalue weighted by Gasteiger charge is -2.21. The summed E-state index contributed by atoms with van der Waals surface area (Å²) in [6.45, 7) is 0.675. The van der Waals surface area contributed by atoms with Crippen molar-refractivity contribution in [3.63, 3.8) is 0 Å².